The lowest BCUT2D eigenvalue weighted by Crippen LogP contribution is -2.58. The monoisotopic (exact) mass is 453 g/mol. The topological polar surface area (TPSA) is 69.7 Å². The number of nitrogens with zero attached hydrogens (tertiary/aromatic N) is 2. The number of hydrogen-bond donors (Lipinski definition) is 1. The second-order valence-corrected chi connectivity index (χ2v) is 9.31. The first-order valence-corrected chi connectivity index (χ1v) is 11.3. The Hall–Kier alpha value is -3.22. The molecule has 1 N–H and O–H groups in total. The summed E-state index contributed by atoms with van der Waals surface area (Å²) in [4.78, 5) is 42.5. The summed E-state index contributed by atoms with van der Waals surface area (Å²) in [7, 11) is 0. The Morgan fingerprint density at radius 3 is 1.97 bits per heavy atom. The van der Waals surface area contributed by atoms with Crippen molar-refractivity contribution in [1.82, 2.24) is 15.1 Å². The third-order valence-corrected chi connectivity index (χ3v) is 6.23. The SMILES string of the molecule is CC(C)C(NC(=O)c1ccc(F)cc1)C(=O)N1CCN(C(=O)C(C)(C)c2ccccc2)CC1. The molecule has 33 heavy (non-hydrogen) atoms. The summed E-state index contributed by atoms with van der Waals surface area (Å²) in [5.41, 5.74) is 0.599. The Morgan fingerprint density at radius 2 is 1.42 bits per heavy atom. The van der Waals surface area contributed by atoms with Crippen molar-refractivity contribution in [2.75, 3.05) is 26.2 Å². The number of amides is 3. The molecule has 0 aliphatic carbocycles. The van der Waals surface area contributed by atoms with E-state index < -0.39 is 23.2 Å². The highest BCUT2D eigenvalue weighted by molar-refractivity contribution is 5.97. The van der Waals surface area contributed by atoms with E-state index in [4.69, 9.17) is 0 Å². The minimum atomic E-state index is -0.703. The quantitative estimate of drug-likeness (QED) is 0.730. The third kappa shape index (κ3) is 5.59. The van der Waals surface area contributed by atoms with Crippen LogP contribution in [0, 0.1) is 11.7 Å². The van der Waals surface area contributed by atoms with E-state index in [9.17, 15) is 18.8 Å². The van der Waals surface area contributed by atoms with E-state index in [0.29, 0.717) is 31.7 Å². The van der Waals surface area contributed by atoms with Crippen molar-refractivity contribution in [3.63, 3.8) is 0 Å². The smallest absolute Gasteiger partial charge is 0.251 e. The van der Waals surface area contributed by atoms with Crippen LogP contribution in [0.3, 0.4) is 0 Å². The van der Waals surface area contributed by atoms with Crippen molar-refractivity contribution in [1.29, 1.82) is 0 Å². The molecule has 0 radical (unpaired) electrons. The van der Waals surface area contributed by atoms with E-state index in [1.54, 1.807) is 9.80 Å². The highest BCUT2D eigenvalue weighted by Gasteiger charge is 2.37. The molecular weight excluding hydrogens is 421 g/mol. The van der Waals surface area contributed by atoms with Crippen molar-refractivity contribution >= 4 is 17.7 Å². The van der Waals surface area contributed by atoms with Crippen LogP contribution in [-0.2, 0) is 15.0 Å². The number of carbonyl (C=O) groups excluding carboxylic acids is 3. The van der Waals surface area contributed by atoms with Crippen LogP contribution < -0.4 is 5.32 Å². The maximum Gasteiger partial charge on any atom is 0.251 e. The molecule has 7 heteroatoms. The summed E-state index contributed by atoms with van der Waals surface area (Å²) in [5.74, 6) is -1.11. The average molecular weight is 454 g/mol. The highest BCUT2D eigenvalue weighted by Crippen LogP contribution is 2.26. The molecule has 0 bridgehead atoms. The molecule has 2 aromatic carbocycles. The molecular formula is C26H32FN3O3. The van der Waals surface area contributed by atoms with Gasteiger partial charge in [0.15, 0.2) is 0 Å². The molecule has 0 aromatic heterocycles. The number of rotatable bonds is 6. The lowest BCUT2D eigenvalue weighted by atomic mass is 9.83. The van der Waals surface area contributed by atoms with Crippen molar-refractivity contribution in [3.8, 4) is 0 Å². The average Bonchev–Trinajstić information content (AvgIpc) is 2.82. The van der Waals surface area contributed by atoms with Gasteiger partial charge in [-0.3, -0.25) is 14.4 Å². The van der Waals surface area contributed by atoms with Gasteiger partial charge < -0.3 is 15.1 Å². The van der Waals surface area contributed by atoms with Gasteiger partial charge in [-0.25, -0.2) is 4.39 Å². The van der Waals surface area contributed by atoms with Gasteiger partial charge >= 0.3 is 0 Å². The molecule has 3 amide bonds. The first kappa shape index (κ1) is 24.4. The van der Waals surface area contributed by atoms with Crippen LogP contribution >= 0.6 is 0 Å². The fourth-order valence-corrected chi connectivity index (χ4v) is 4.04. The van der Waals surface area contributed by atoms with Crippen LogP contribution in [0.25, 0.3) is 0 Å². The van der Waals surface area contributed by atoms with E-state index in [-0.39, 0.29) is 17.7 Å². The van der Waals surface area contributed by atoms with Gasteiger partial charge in [-0.1, -0.05) is 44.2 Å². The Balaban J connectivity index is 1.62. The van der Waals surface area contributed by atoms with Crippen molar-refractivity contribution in [3.05, 3.63) is 71.5 Å². The molecule has 1 aliphatic heterocycles. The zero-order chi connectivity index (χ0) is 24.2. The molecule has 0 saturated carbocycles. The summed E-state index contributed by atoms with van der Waals surface area (Å²) < 4.78 is 13.2. The minimum Gasteiger partial charge on any atom is -0.340 e. The van der Waals surface area contributed by atoms with Gasteiger partial charge in [-0.05, 0) is 49.6 Å². The van der Waals surface area contributed by atoms with Gasteiger partial charge in [0.1, 0.15) is 11.9 Å². The van der Waals surface area contributed by atoms with Gasteiger partial charge in [0.2, 0.25) is 11.8 Å². The van der Waals surface area contributed by atoms with Gasteiger partial charge in [0, 0.05) is 31.7 Å². The fraction of sp³-hybridized carbons (Fsp3) is 0.423. The van der Waals surface area contributed by atoms with Crippen LogP contribution in [-0.4, -0.2) is 59.7 Å². The van der Waals surface area contributed by atoms with Crippen LogP contribution in [0.1, 0.15) is 43.6 Å². The van der Waals surface area contributed by atoms with Gasteiger partial charge in [0.25, 0.3) is 5.91 Å². The molecule has 1 heterocycles. The molecule has 3 rings (SSSR count). The van der Waals surface area contributed by atoms with Crippen LogP contribution in [0.2, 0.25) is 0 Å². The molecule has 176 valence electrons. The lowest BCUT2D eigenvalue weighted by molar-refractivity contribution is -0.143. The van der Waals surface area contributed by atoms with Gasteiger partial charge in [-0.15, -0.1) is 0 Å². The normalized spacial score (nSPS) is 15.3. The van der Waals surface area contributed by atoms with E-state index >= 15 is 0 Å². The zero-order valence-corrected chi connectivity index (χ0v) is 19.7. The second-order valence-electron chi connectivity index (χ2n) is 9.31. The predicted molar refractivity (Wildman–Crippen MR) is 125 cm³/mol. The molecule has 1 unspecified atom stereocenters. The summed E-state index contributed by atoms with van der Waals surface area (Å²) in [5, 5.41) is 2.80. The Kier molecular flexibility index (Phi) is 7.51. The number of nitrogens with one attached hydrogen (secondary N) is 1. The zero-order valence-electron chi connectivity index (χ0n) is 19.7. The van der Waals surface area contributed by atoms with Crippen LogP contribution in [0.5, 0.6) is 0 Å². The summed E-state index contributed by atoms with van der Waals surface area (Å²) in [6, 6.07) is 14.2. The Bertz CT molecular complexity index is 982. The molecule has 1 aliphatic rings. The Labute approximate surface area is 194 Å². The minimum absolute atomic E-state index is 0.0332. The molecule has 1 saturated heterocycles. The van der Waals surface area contributed by atoms with Crippen molar-refractivity contribution in [2.45, 2.75) is 39.2 Å². The number of benzene rings is 2. The maximum absolute atomic E-state index is 13.2. The Morgan fingerprint density at radius 1 is 0.879 bits per heavy atom. The van der Waals surface area contributed by atoms with Crippen LogP contribution in [0.15, 0.2) is 54.6 Å². The second kappa shape index (κ2) is 10.1. The standard InChI is InChI=1S/C26H32FN3O3/c1-18(2)22(28-23(31)19-10-12-21(27)13-11-19)24(32)29-14-16-30(17-15-29)25(33)26(3,4)20-8-6-5-7-9-20/h5-13,18,22H,14-17H2,1-4H3,(H,28,31). The number of carbonyl (C=O) groups is 3. The summed E-state index contributed by atoms with van der Waals surface area (Å²) in [6.45, 7) is 9.28. The maximum atomic E-state index is 13.2. The van der Waals surface area contributed by atoms with Crippen molar-refractivity contribution < 1.29 is 18.8 Å². The predicted octanol–water partition coefficient (Wildman–Crippen LogP) is 3.23. The van der Waals surface area contributed by atoms with E-state index in [1.165, 1.54) is 24.3 Å². The summed E-state index contributed by atoms with van der Waals surface area (Å²) >= 11 is 0. The summed E-state index contributed by atoms with van der Waals surface area (Å²) in [6.07, 6.45) is 0. The fourth-order valence-electron chi connectivity index (χ4n) is 4.04. The number of piperazine rings is 1. The van der Waals surface area contributed by atoms with Gasteiger partial charge in [-0.2, -0.15) is 0 Å². The van der Waals surface area contributed by atoms with Gasteiger partial charge in [0.05, 0.1) is 5.41 Å². The molecule has 2 aromatic rings. The van der Waals surface area contributed by atoms with E-state index in [1.807, 2.05) is 58.0 Å². The first-order chi connectivity index (χ1) is 15.6. The van der Waals surface area contributed by atoms with E-state index in [0.717, 1.165) is 5.56 Å². The molecule has 0 spiro atoms. The lowest BCUT2D eigenvalue weighted by Gasteiger charge is -2.40. The number of hydrogen-bond acceptors (Lipinski definition) is 3. The third-order valence-electron chi connectivity index (χ3n) is 6.23. The van der Waals surface area contributed by atoms with E-state index in [2.05, 4.69) is 5.32 Å². The molecule has 1 atom stereocenters. The highest BCUT2D eigenvalue weighted by atomic mass is 19.1. The largest absolute Gasteiger partial charge is 0.340 e. The van der Waals surface area contributed by atoms with Crippen LogP contribution in [0.4, 0.5) is 4.39 Å². The molecule has 1 fully saturated rings. The van der Waals surface area contributed by atoms with Crippen molar-refractivity contribution in [2.24, 2.45) is 5.92 Å². The molecule has 6 nitrogen and oxygen atoms in total. The number of halogens is 1. The first-order valence-electron chi connectivity index (χ1n) is 11.3.